The lowest BCUT2D eigenvalue weighted by molar-refractivity contribution is 0.0534. The van der Waals surface area contributed by atoms with Crippen LogP contribution in [0.3, 0.4) is 0 Å². The minimum absolute atomic E-state index is 0.928. The molecule has 20 heavy (non-hydrogen) atoms. The van der Waals surface area contributed by atoms with Gasteiger partial charge >= 0.3 is 0 Å². The molecule has 3 heteroatoms. The molecule has 0 saturated carbocycles. The number of nitrogens with two attached hydrogens (primary N) is 1. The first-order valence-electron chi connectivity index (χ1n) is 8.47. The molecule has 0 aliphatic heterocycles. The van der Waals surface area contributed by atoms with E-state index in [4.69, 9.17) is 10.8 Å². The molecular formula is C17H35NO2. The van der Waals surface area contributed by atoms with E-state index in [1.807, 2.05) is 6.08 Å². The van der Waals surface area contributed by atoms with Crippen LogP contribution >= 0.6 is 0 Å². The van der Waals surface area contributed by atoms with Gasteiger partial charge in [-0.1, -0.05) is 83.3 Å². The zero-order valence-electron chi connectivity index (χ0n) is 13.3. The molecule has 0 amide bonds. The zero-order valence-corrected chi connectivity index (χ0v) is 13.3. The molecule has 0 saturated heterocycles. The van der Waals surface area contributed by atoms with E-state index in [0.717, 1.165) is 12.8 Å². The van der Waals surface area contributed by atoms with Crippen molar-refractivity contribution < 1.29 is 10.2 Å². The van der Waals surface area contributed by atoms with Gasteiger partial charge in [-0.05, 0) is 12.8 Å². The van der Waals surface area contributed by atoms with Crippen molar-refractivity contribution in [2.24, 2.45) is 5.73 Å². The lowest BCUT2D eigenvalue weighted by atomic mass is 10.1. The van der Waals surface area contributed by atoms with Crippen LogP contribution in [-0.2, 0) is 0 Å². The van der Waals surface area contributed by atoms with E-state index in [9.17, 15) is 5.11 Å². The third-order valence-corrected chi connectivity index (χ3v) is 3.66. The predicted molar refractivity (Wildman–Crippen MR) is 86.4 cm³/mol. The molecule has 0 aromatic heterocycles. The molecule has 2 atom stereocenters. The molecule has 4 N–H and O–H groups in total. The molecule has 0 heterocycles. The van der Waals surface area contributed by atoms with Gasteiger partial charge < -0.3 is 15.9 Å². The summed E-state index contributed by atoms with van der Waals surface area (Å²) in [5, 5.41) is 18.1. The summed E-state index contributed by atoms with van der Waals surface area (Å²) in [5.41, 5.74) is 5.14. The zero-order chi connectivity index (χ0) is 15.1. The van der Waals surface area contributed by atoms with Crippen LogP contribution < -0.4 is 5.73 Å². The topological polar surface area (TPSA) is 66.5 Å². The summed E-state index contributed by atoms with van der Waals surface area (Å²) >= 11 is 0. The molecule has 0 rings (SSSR count). The van der Waals surface area contributed by atoms with Crippen molar-refractivity contribution in [2.45, 2.75) is 96.3 Å². The van der Waals surface area contributed by atoms with Gasteiger partial charge in [0, 0.05) is 0 Å². The Kier molecular flexibility index (Phi) is 14.7. The fourth-order valence-electron chi connectivity index (χ4n) is 2.28. The molecule has 3 nitrogen and oxygen atoms in total. The van der Waals surface area contributed by atoms with E-state index < -0.39 is 12.3 Å². The Morgan fingerprint density at radius 1 is 0.800 bits per heavy atom. The molecule has 0 aromatic rings. The SMILES string of the molecule is CCCCCCCCCCCCC/C=C/C(O)C(N)O. The van der Waals surface area contributed by atoms with Crippen molar-refractivity contribution >= 4 is 0 Å². The summed E-state index contributed by atoms with van der Waals surface area (Å²) in [6, 6.07) is 0. The summed E-state index contributed by atoms with van der Waals surface area (Å²) in [6.07, 6.45) is 17.1. The molecule has 0 radical (unpaired) electrons. The van der Waals surface area contributed by atoms with Crippen LogP contribution in [0.5, 0.6) is 0 Å². The number of allylic oxidation sites excluding steroid dienone is 1. The average Bonchev–Trinajstić information content (AvgIpc) is 2.43. The van der Waals surface area contributed by atoms with Crippen molar-refractivity contribution in [3.8, 4) is 0 Å². The molecule has 0 spiro atoms. The monoisotopic (exact) mass is 285 g/mol. The Hall–Kier alpha value is -0.380. The predicted octanol–water partition coefficient (Wildman–Crippen LogP) is 3.88. The van der Waals surface area contributed by atoms with Crippen molar-refractivity contribution in [3.05, 3.63) is 12.2 Å². The lowest BCUT2D eigenvalue weighted by Crippen LogP contribution is -2.32. The molecule has 120 valence electrons. The van der Waals surface area contributed by atoms with E-state index in [1.54, 1.807) is 6.08 Å². The van der Waals surface area contributed by atoms with Crippen molar-refractivity contribution in [1.82, 2.24) is 0 Å². The summed E-state index contributed by atoms with van der Waals surface area (Å²) in [4.78, 5) is 0. The number of rotatable bonds is 14. The third-order valence-electron chi connectivity index (χ3n) is 3.66. The summed E-state index contributed by atoms with van der Waals surface area (Å²) < 4.78 is 0. The highest BCUT2D eigenvalue weighted by Crippen LogP contribution is 2.12. The fraction of sp³-hybridized carbons (Fsp3) is 0.882. The van der Waals surface area contributed by atoms with Crippen molar-refractivity contribution in [2.75, 3.05) is 0 Å². The second kappa shape index (κ2) is 15.0. The quantitative estimate of drug-likeness (QED) is 0.258. The number of hydrogen-bond acceptors (Lipinski definition) is 3. The largest absolute Gasteiger partial charge is 0.385 e. The molecule has 0 aromatic carbocycles. The van der Waals surface area contributed by atoms with E-state index in [0.29, 0.717) is 0 Å². The number of unbranched alkanes of at least 4 members (excludes halogenated alkanes) is 11. The minimum atomic E-state index is -1.16. The van der Waals surface area contributed by atoms with E-state index in [1.165, 1.54) is 64.2 Å². The van der Waals surface area contributed by atoms with Gasteiger partial charge in [0.1, 0.15) is 12.3 Å². The second-order valence-electron chi connectivity index (χ2n) is 5.73. The van der Waals surface area contributed by atoms with E-state index in [2.05, 4.69) is 6.92 Å². The smallest absolute Gasteiger partial charge is 0.132 e. The molecular weight excluding hydrogens is 250 g/mol. The van der Waals surface area contributed by atoms with Gasteiger partial charge in [-0.2, -0.15) is 0 Å². The first kappa shape index (κ1) is 19.6. The highest BCUT2D eigenvalue weighted by atomic mass is 16.3. The maximum Gasteiger partial charge on any atom is 0.132 e. The first-order valence-corrected chi connectivity index (χ1v) is 8.47. The Bertz CT molecular complexity index is 217. The van der Waals surface area contributed by atoms with Crippen LogP contribution in [0.1, 0.15) is 84.0 Å². The van der Waals surface area contributed by atoms with Gasteiger partial charge in [0.25, 0.3) is 0 Å². The average molecular weight is 285 g/mol. The van der Waals surface area contributed by atoms with Gasteiger partial charge in [0.15, 0.2) is 0 Å². The Balaban J connectivity index is 3.13. The van der Waals surface area contributed by atoms with Crippen LogP contribution in [0.4, 0.5) is 0 Å². The molecule has 0 bridgehead atoms. The Morgan fingerprint density at radius 3 is 1.70 bits per heavy atom. The minimum Gasteiger partial charge on any atom is -0.385 e. The lowest BCUT2D eigenvalue weighted by Gasteiger charge is -2.07. The maximum absolute atomic E-state index is 9.24. The van der Waals surface area contributed by atoms with Gasteiger partial charge in [-0.25, -0.2) is 0 Å². The number of aliphatic hydroxyl groups excluding tert-OH is 2. The molecule has 0 fully saturated rings. The maximum atomic E-state index is 9.24. The molecule has 0 aliphatic carbocycles. The van der Waals surface area contributed by atoms with Crippen molar-refractivity contribution in [1.29, 1.82) is 0 Å². The van der Waals surface area contributed by atoms with Crippen molar-refractivity contribution in [3.63, 3.8) is 0 Å². The molecule has 2 unspecified atom stereocenters. The van der Waals surface area contributed by atoms with Gasteiger partial charge in [0.05, 0.1) is 0 Å². The highest BCUT2D eigenvalue weighted by molar-refractivity contribution is 4.90. The Morgan fingerprint density at radius 2 is 1.25 bits per heavy atom. The van der Waals surface area contributed by atoms with Gasteiger partial charge in [-0.15, -0.1) is 0 Å². The van der Waals surface area contributed by atoms with Crippen LogP contribution in [0.2, 0.25) is 0 Å². The number of aliphatic hydroxyl groups is 2. The standard InChI is InChI=1S/C17H35NO2/c1-2-3-4-5-6-7-8-9-10-11-12-13-14-15-16(19)17(18)20/h14-17,19-20H,2-13,18H2,1H3/b15-14+. The fourth-order valence-corrected chi connectivity index (χ4v) is 2.28. The second-order valence-corrected chi connectivity index (χ2v) is 5.73. The third kappa shape index (κ3) is 14.0. The summed E-state index contributed by atoms with van der Waals surface area (Å²) in [7, 11) is 0. The van der Waals surface area contributed by atoms with E-state index >= 15 is 0 Å². The highest BCUT2D eigenvalue weighted by Gasteiger charge is 2.04. The summed E-state index contributed by atoms with van der Waals surface area (Å²) in [6.45, 7) is 2.26. The normalized spacial score (nSPS) is 14.8. The Labute approximate surface area is 125 Å². The van der Waals surface area contributed by atoms with Gasteiger partial charge in [-0.3, -0.25) is 0 Å². The van der Waals surface area contributed by atoms with Crippen LogP contribution in [-0.4, -0.2) is 22.5 Å². The van der Waals surface area contributed by atoms with Crippen LogP contribution in [0.25, 0.3) is 0 Å². The number of hydrogen-bond donors (Lipinski definition) is 3. The van der Waals surface area contributed by atoms with Crippen LogP contribution in [0, 0.1) is 0 Å². The molecule has 0 aliphatic rings. The first-order chi connectivity index (χ1) is 9.68. The van der Waals surface area contributed by atoms with Gasteiger partial charge in [0.2, 0.25) is 0 Å². The summed E-state index contributed by atoms with van der Waals surface area (Å²) in [5.74, 6) is 0. The van der Waals surface area contributed by atoms with Crippen LogP contribution in [0.15, 0.2) is 12.2 Å². The van der Waals surface area contributed by atoms with E-state index in [-0.39, 0.29) is 0 Å².